The summed E-state index contributed by atoms with van der Waals surface area (Å²) in [5.74, 6) is -2.12. The lowest BCUT2D eigenvalue weighted by Crippen LogP contribution is -2.49. The van der Waals surface area contributed by atoms with Gasteiger partial charge in [-0.05, 0) is 29.8 Å². The van der Waals surface area contributed by atoms with E-state index in [0.29, 0.717) is 11.1 Å². The fourth-order valence-electron chi connectivity index (χ4n) is 2.19. The number of rotatable bonds is 7. The normalized spacial score (nSPS) is 11.4. The maximum atomic E-state index is 12.3. The lowest BCUT2D eigenvalue weighted by atomic mass is 10.0. The minimum absolute atomic E-state index is 0.0870. The summed E-state index contributed by atoms with van der Waals surface area (Å²) in [4.78, 5) is 35.2. The second-order valence-corrected chi connectivity index (χ2v) is 5.37. The number of nitrogens with one attached hydrogen (secondary N) is 2. The van der Waals surface area contributed by atoms with Crippen LogP contribution < -0.4 is 10.6 Å². The second-order valence-electron chi connectivity index (χ2n) is 5.37. The SMILES string of the molecule is O=C(O)CNC(=O)C(Cc1ccc(O)cc1)NC(=O)c1ccccc1. The zero-order valence-corrected chi connectivity index (χ0v) is 13.3. The van der Waals surface area contributed by atoms with Crippen molar-refractivity contribution in [1.82, 2.24) is 10.6 Å². The Hall–Kier alpha value is -3.35. The number of carbonyl (C=O) groups is 3. The first kappa shape index (κ1) is 18.0. The molecule has 2 amide bonds. The van der Waals surface area contributed by atoms with E-state index >= 15 is 0 Å². The van der Waals surface area contributed by atoms with Crippen LogP contribution in [0.1, 0.15) is 15.9 Å². The topological polar surface area (TPSA) is 116 Å². The standard InChI is InChI=1S/C18H18N2O5/c21-14-8-6-12(7-9-14)10-15(18(25)19-11-16(22)23)20-17(24)13-4-2-1-3-5-13/h1-9,15,21H,10-11H2,(H,19,25)(H,20,24)(H,22,23). The molecule has 25 heavy (non-hydrogen) atoms. The summed E-state index contributed by atoms with van der Waals surface area (Å²) < 4.78 is 0. The summed E-state index contributed by atoms with van der Waals surface area (Å²) in [6.45, 7) is -0.536. The van der Waals surface area contributed by atoms with Crippen LogP contribution in [0, 0.1) is 0 Å². The number of phenols is 1. The maximum Gasteiger partial charge on any atom is 0.322 e. The number of aromatic hydroxyl groups is 1. The van der Waals surface area contributed by atoms with Crippen LogP contribution in [-0.4, -0.2) is 40.6 Å². The monoisotopic (exact) mass is 342 g/mol. The molecule has 7 nitrogen and oxygen atoms in total. The van der Waals surface area contributed by atoms with Gasteiger partial charge in [0, 0.05) is 12.0 Å². The van der Waals surface area contributed by atoms with Crippen LogP contribution in [0.3, 0.4) is 0 Å². The Morgan fingerprint density at radius 3 is 2.20 bits per heavy atom. The van der Waals surface area contributed by atoms with Gasteiger partial charge < -0.3 is 20.8 Å². The average molecular weight is 342 g/mol. The Morgan fingerprint density at radius 2 is 1.60 bits per heavy atom. The van der Waals surface area contributed by atoms with Gasteiger partial charge >= 0.3 is 5.97 Å². The molecule has 0 spiro atoms. The number of phenolic OH excluding ortho intramolecular Hbond substituents is 1. The maximum absolute atomic E-state index is 12.3. The van der Waals surface area contributed by atoms with Crippen LogP contribution in [0.15, 0.2) is 54.6 Å². The van der Waals surface area contributed by atoms with Gasteiger partial charge in [-0.1, -0.05) is 30.3 Å². The number of benzene rings is 2. The van der Waals surface area contributed by atoms with Crippen molar-refractivity contribution in [2.24, 2.45) is 0 Å². The number of hydrogen-bond donors (Lipinski definition) is 4. The molecule has 4 N–H and O–H groups in total. The number of carboxylic acids is 1. The van der Waals surface area contributed by atoms with Crippen LogP contribution in [0.2, 0.25) is 0 Å². The number of carbonyl (C=O) groups excluding carboxylic acids is 2. The molecule has 0 aromatic heterocycles. The minimum Gasteiger partial charge on any atom is -0.508 e. The average Bonchev–Trinajstić information content (AvgIpc) is 2.61. The highest BCUT2D eigenvalue weighted by Crippen LogP contribution is 2.12. The molecule has 0 aliphatic heterocycles. The number of hydrogen-bond acceptors (Lipinski definition) is 4. The van der Waals surface area contributed by atoms with Crippen molar-refractivity contribution in [2.75, 3.05) is 6.54 Å². The highest BCUT2D eigenvalue weighted by molar-refractivity contribution is 5.97. The van der Waals surface area contributed by atoms with Gasteiger partial charge in [0.1, 0.15) is 18.3 Å². The molecule has 0 radical (unpaired) electrons. The Balaban J connectivity index is 2.12. The first-order chi connectivity index (χ1) is 12.0. The van der Waals surface area contributed by atoms with Gasteiger partial charge in [0.15, 0.2) is 0 Å². The molecule has 2 aromatic rings. The summed E-state index contributed by atoms with van der Waals surface area (Å²) >= 11 is 0. The predicted molar refractivity (Wildman–Crippen MR) is 90.2 cm³/mol. The van der Waals surface area contributed by atoms with Crippen LogP contribution >= 0.6 is 0 Å². The zero-order chi connectivity index (χ0) is 18.2. The summed E-state index contributed by atoms with van der Waals surface area (Å²) in [6, 6.07) is 13.7. The van der Waals surface area contributed by atoms with Crippen LogP contribution in [0.25, 0.3) is 0 Å². The Labute approximate surface area is 144 Å². The van der Waals surface area contributed by atoms with Crippen molar-refractivity contribution >= 4 is 17.8 Å². The molecular weight excluding hydrogens is 324 g/mol. The van der Waals surface area contributed by atoms with E-state index in [-0.39, 0.29) is 12.2 Å². The molecule has 0 fully saturated rings. The third-order valence-corrected chi connectivity index (χ3v) is 3.45. The van der Waals surface area contributed by atoms with E-state index in [4.69, 9.17) is 5.11 Å². The Morgan fingerprint density at radius 1 is 0.960 bits per heavy atom. The van der Waals surface area contributed by atoms with Gasteiger partial charge in [0.05, 0.1) is 0 Å². The molecule has 0 aliphatic carbocycles. The Bertz CT molecular complexity index is 744. The number of aliphatic carboxylic acids is 1. The summed E-state index contributed by atoms with van der Waals surface area (Å²) in [5, 5.41) is 22.9. The van der Waals surface area contributed by atoms with E-state index in [0.717, 1.165) is 0 Å². The number of carboxylic acid groups (broad SMARTS) is 1. The largest absolute Gasteiger partial charge is 0.508 e. The third-order valence-electron chi connectivity index (χ3n) is 3.45. The Kier molecular flexibility index (Phi) is 6.11. The van der Waals surface area contributed by atoms with E-state index in [2.05, 4.69) is 10.6 Å². The summed E-state index contributed by atoms with van der Waals surface area (Å²) in [6.07, 6.45) is 0.157. The van der Waals surface area contributed by atoms with E-state index in [1.54, 1.807) is 42.5 Å². The molecule has 0 bridgehead atoms. The van der Waals surface area contributed by atoms with Gasteiger partial charge in [-0.25, -0.2) is 0 Å². The van der Waals surface area contributed by atoms with Gasteiger partial charge in [-0.15, -0.1) is 0 Å². The molecule has 130 valence electrons. The van der Waals surface area contributed by atoms with Crippen LogP contribution in [-0.2, 0) is 16.0 Å². The van der Waals surface area contributed by atoms with Gasteiger partial charge in [-0.2, -0.15) is 0 Å². The highest BCUT2D eigenvalue weighted by atomic mass is 16.4. The predicted octanol–water partition coefficient (Wildman–Crippen LogP) is 0.934. The fraction of sp³-hybridized carbons (Fsp3) is 0.167. The van der Waals surface area contributed by atoms with Crippen molar-refractivity contribution in [3.8, 4) is 5.75 Å². The van der Waals surface area contributed by atoms with Crippen LogP contribution in [0.5, 0.6) is 5.75 Å². The minimum atomic E-state index is -1.17. The van der Waals surface area contributed by atoms with E-state index in [1.165, 1.54) is 12.1 Å². The smallest absolute Gasteiger partial charge is 0.322 e. The van der Waals surface area contributed by atoms with Gasteiger partial charge in [0.25, 0.3) is 5.91 Å². The first-order valence-corrected chi connectivity index (χ1v) is 7.59. The molecule has 2 aromatic carbocycles. The molecular formula is C18H18N2O5. The van der Waals surface area contributed by atoms with Crippen LogP contribution in [0.4, 0.5) is 0 Å². The molecule has 0 aliphatic rings. The second kappa shape index (κ2) is 8.49. The zero-order valence-electron chi connectivity index (χ0n) is 13.3. The van der Waals surface area contributed by atoms with Crippen molar-refractivity contribution in [3.63, 3.8) is 0 Å². The lowest BCUT2D eigenvalue weighted by molar-refractivity contribution is -0.138. The first-order valence-electron chi connectivity index (χ1n) is 7.59. The summed E-state index contributed by atoms with van der Waals surface area (Å²) in [5.41, 5.74) is 1.10. The molecule has 2 rings (SSSR count). The summed E-state index contributed by atoms with van der Waals surface area (Å²) in [7, 11) is 0. The van der Waals surface area contributed by atoms with E-state index < -0.39 is 30.4 Å². The molecule has 0 saturated heterocycles. The molecule has 0 heterocycles. The number of amides is 2. The quantitative estimate of drug-likeness (QED) is 0.597. The van der Waals surface area contributed by atoms with Crippen molar-refractivity contribution in [3.05, 3.63) is 65.7 Å². The van der Waals surface area contributed by atoms with Crippen molar-refractivity contribution < 1.29 is 24.6 Å². The molecule has 0 saturated carbocycles. The van der Waals surface area contributed by atoms with Crippen molar-refractivity contribution in [2.45, 2.75) is 12.5 Å². The van der Waals surface area contributed by atoms with E-state index in [1.807, 2.05) is 0 Å². The molecule has 7 heteroatoms. The van der Waals surface area contributed by atoms with Crippen molar-refractivity contribution in [1.29, 1.82) is 0 Å². The fourth-order valence-corrected chi connectivity index (χ4v) is 2.19. The third kappa shape index (κ3) is 5.65. The molecule has 1 atom stereocenters. The van der Waals surface area contributed by atoms with Gasteiger partial charge in [-0.3, -0.25) is 14.4 Å². The lowest BCUT2D eigenvalue weighted by Gasteiger charge is -2.18. The van der Waals surface area contributed by atoms with Gasteiger partial charge in [0.2, 0.25) is 5.91 Å². The highest BCUT2D eigenvalue weighted by Gasteiger charge is 2.22. The molecule has 1 unspecified atom stereocenters. The van der Waals surface area contributed by atoms with E-state index in [9.17, 15) is 19.5 Å².